The first kappa shape index (κ1) is 12.4. The van der Waals surface area contributed by atoms with Crippen LogP contribution in [0.1, 0.15) is 6.92 Å². The van der Waals surface area contributed by atoms with Crippen LogP contribution < -0.4 is 5.73 Å². The van der Waals surface area contributed by atoms with Crippen LogP contribution in [0, 0.1) is 0 Å². The maximum atomic E-state index is 11.1. The van der Waals surface area contributed by atoms with Gasteiger partial charge in [0.15, 0.2) is 0 Å². The normalized spacial score (nSPS) is 10.0. The standard InChI is InChI=1S/C10H12BrNO2S/c1-2-14-10(13)6-15-9-4-3-7(12)5-8(9)11/h3-5H,2,6,12H2,1H3. The molecule has 2 N–H and O–H groups in total. The summed E-state index contributed by atoms with van der Waals surface area (Å²) in [5.41, 5.74) is 6.30. The van der Waals surface area contributed by atoms with Crippen LogP contribution in [0.2, 0.25) is 0 Å². The fourth-order valence-corrected chi connectivity index (χ4v) is 2.43. The van der Waals surface area contributed by atoms with E-state index >= 15 is 0 Å². The van der Waals surface area contributed by atoms with Gasteiger partial charge in [0.2, 0.25) is 0 Å². The molecule has 1 aromatic carbocycles. The third kappa shape index (κ3) is 4.13. The van der Waals surface area contributed by atoms with Gasteiger partial charge in [-0.15, -0.1) is 11.8 Å². The molecule has 0 aromatic heterocycles. The van der Waals surface area contributed by atoms with Crippen molar-refractivity contribution in [1.82, 2.24) is 0 Å². The summed E-state index contributed by atoms with van der Waals surface area (Å²) in [5.74, 6) is 0.113. The monoisotopic (exact) mass is 289 g/mol. The molecule has 0 bridgehead atoms. The zero-order chi connectivity index (χ0) is 11.3. The number of carbonyl (C=O) groups is 1. The molecule has 0 aliphatic heterocycles. The van der Waals surface area contributed by atoms with E-state index in [1.165, 1.54) is 11.8 Å². The van der Waals surface area contributed by atoms with Gasteiger partial charge in [0.05, 0.1) is 12.4 Å². The van der Waals surface area contributed by atoms with Gasteiger partial charge < -0.3 is 10.5 Å². The lowest BCUT2D eigenvalue weighted by molar-refractivity contribution is -0.139. The van der Waals surface area contributed by atoms with Crippen LogP contribution in [0.15, 0.2) is 27.6 Å². The van der Waals surface area contributed by atoms with Crippen molar-refractivity contribution < 1.29 is 9.53 Å². The first-order valence-corrected chi connectivity index (χ1v) is 6.24. The molecule has 1 rings (SSSR count). The van der Waals surface area contributed by atoms with Gasteiger partial charge in [-0.1, -0.05) is 0 Å². The summed E-state index contributed by atoms with van der Waals surface area (Å²) in [6, 6.07) is 5.50. The average Bonchev–Trinajstić information content (AvgIpc) is 2.17. The van der Waals surface area contributed by atoms with E-state index in [-0.39, 0.29) is 5.97 Å². The number of ether oxygens (including phenoxy) is 1. The average molecular weight is 290 g/mol. The van der Waals surface area contributed by atoms with Gasteiger partial charge in [-0.25, -0.2) is 0 Å². The number of esters is 1. The Morgan fingerprint density at radius 3 is 2.93 bits per heavy atom. The van der Waals surface area contributed by atoms with Crippen LogP contribution in [0.4, 0.5) is 5.69 Å². The molecule has 15 heavy (non-hydrogen) atoms. The molecule has 5 heteroatoms. The molecule has 0 fully saturated rings. The summed E-state index contributed by atoms with van der Waals surface area (Å²) < 4.78 is 5.73. The van der Waals surface area contributed by atoms with Crippen molar-refractivity contribution >= 4 is 39.3 Å². The number of carbonyl (C=O) groups excluding carboxylic acids is 1. The number of halogens is 1. The van der Waals surface area contributed by atoms with E-state index in [1.54, 1.807) is 13.0 Å². The molecule has 3 nitrogen and oxygen atoms in total. The number of rotatable bonds is 4. The summed E-state index contributed by atoms with van der Waals surface area (Å²) in [7, 11) is 0. The second-order valence-corrected chi connectivity index (χ2v) is 4.66. The van der Waals surface area contributed by atoms with Gasteiger partial charge in [0.25, 0.3) is 0 Å². The third-order valence-corrected chi connectivity index (χ3v) is 3.57. The Labute approximate surface area is 101 Å². The Bertz CT molecular complexity index is 357. The molecule has 0 saturated carbocycles. The Balaban J connectivity index is 2.54. The van der Waals surface area contributed by atoms with Crippen molar-refractivity contribution in [2.45, 2.75) is 11.8 Å². The van der Waals surface area contributed by atoms with Crippen molar-refractivity contribution in [3.63, 3.8) is 0 Å². The van der Waals surface area contributed by atoms with E-state index in [0.29, 0.717) is 18.0 Å². The van der Waals surface area contributed by atoms with Gasteiger partial charge >= 0.3 is 5.97 Å². The minimum Gasteiger partial charge on any atom is -0.465 e. The lowest BCUT2D eigenvalue weighted by atomic mass is 10.3. The molecular formula is C10H12BrNO2S. The highest BCUT2D eigenvalue weighted by Crippen LogP contribution is 2.29. The van der Waals surface area contributed by atoms with Crippen molar-refractivity contribution in [2.24, 2.45) is 0 Å². The number of nitrogen functional groups attached to an aromatic ring is 1. The molecule has 0 atom stereocenters. The van der Waals surface area contributed by atoms with Gasteiger partial charge in [-0.05, 0) is 41.1 Å². The number of anilines is 1. The topological polar surface area (TPSA) is 52.3 Å². The summed E-state index contributed by atoms with van der Waals surface area (Å²) in [6.45, 7) is 2.21. The molecule has 0 spiro atoms. The maximum absolute atomic E-state index is 11.1. The van der Waals surface area contributed by atoms with Gasteiger partial charge in [0, 0.05) is 15.1 Å². The predicted octanol–water partition coefficient (Wildman–Crippen LogP) is 2.69. The summed E-state index contributed by atoms with van der Waals surface area (Å²) in [5, 5.41) is 0. The van der Waals surface area contributed by atoms with Crippen molar-refractivity contribution in [3.8, 4) is 0 Å². The van der Waals surface area contributed by atoms with Gasteiger partial charge in [0.1, 0.15) is 0 Å². The first-order valence-electron chi connectivity index (χ1n) is 4.47. The van der Waals surface area contributed by atoms with E-state index < -0.39 is 0 Å². The summed E-state index contributed by atoms with van der Waals surface area (Å²) >= 11 is 4.81. The van der Waals surface area contributed by atoms with Crippen LogP contribution in [-0.2, 0) is 9.53 Å². The van der Waals surface area contributed by atoms with E-state index in [9.17, 15) is 4.79 Å². The second-order valence-electron chi connectivity index (χ2n) is 2.78. The van der Waals surface area contributed by atoms with Crippen molar-refractivity contribution in [1.29, 1.82) is 0 Å². The van der Waals surface area contributed by atoms with E-state index in [2.05, 4.69) is 15.9 Å². The quantitative estimate of drug-likeness (QED) is 0.526. The number of hydrogen-bond acceptors (Lipinski definition) is 4. The lowest BCUT2D eigenvalue weighted by Crippen LogP contribution is -2.06. The highest BCUT2D eigenvalue weighted by molar-refractivity contribution is 9.10. The number of nitrogens with two attached hydrogens (primary N) is 1. The van der Waals surface area contributed by atoms with Gasteiger partial charge in [-0.2, -0.15) is 0 Å². The molecule has 0 unspecified atom stereocenters. The van der Waals surface area contributed by atoms with Crippen LogP contribution in [0.5, 0.6) is 0 Å². The number of thioether (sulfide) groups is 1. The Morgan fingerprint density at radius 2 is 2.33 bits per heavy atom. The Kier molecular flexibility index (Phi) is 4.98. The van der Waals surface area contributed by atoms with E-state index in [1.807, 2.05) is 12.1 Å². The molecule has 0 amide bonds. The Hall–Kier alpha value is -0.680. The number of benzene rings is 1. The predicted molar refractivity (Wildman–Crippen MR) is 65.9 cm³/mol. The highest BCUT2D eigenvalue weighted by atomic mass is 79.9. The zero-order valence-electron chi connectivity index (χ0n) is 8.33. The van der Waals surface area contributed by atoms with E-state index in [0.717, 1.165) is 9.37 Å². The maximum Gasteiger partial charge on any atom is 0.316 e. The number of hydrogen-bond donors (Lipinski definition) is 1. The fourth-order valence-electron chi connectivity index (χ4n) is 0.973. The Morgan fingerprint density at radius 1 is 1.60 bits per heavy atom. The van der Waals surface area contributed by atoms with E-state index in [4.69, 9.17) is 10.5 Å². The van der Waals surface area contributed by atoms with Gasteiger partial charge in [-0.3, -0.25) is 4.79 Å². The third-order valence-electron chi connectivity index (χ3n) is 1.61. The zero-order valence-corrected chi connectivity index (χ0v) is 10.7. The largest absolute Gasteiger partial charge is 0.465 e. The fraction of sp³-hybridized carbons (Fsp3) is 0.300. The minimum absolute atomic E-state index is 0.203. The SMILES string of the molecule is CCOC(=O)CSc1ccc(N)cc1Br. The van der Waals surface area contributed by atoms with Crippen LogP contribution in [0.3, 0.4) is 0 Å². The highest BCUT2D eigenvalue weighted by Gasteiger charge is 2.05. The molecule has 1 aromatic rings. The molecule has 0 aliphatic carbocycles. The summed E-state index contributed by atoms with van der Waals surface area (Å²) in [6.07, 6.45) is 0. The summed E-state index contributed by atoms with van der Waals surface area (Å²) in [4.78, 5) is 12.1. The molecule has 0 heterocycles. The molecular weight excluding hydrogens is 278 g/mol. The second kappa shape index (κ2) is 6.02. The van der Waals surface area contributed by atoms with Crippen molar-refractivity contribution in [3.05, 3.63) is 22.7 Å². The molecule has 0 radical (unpaired) electrons. The van der Waals surface area contributed by atoms with Crippen molar-refractivity contribution in [2.75, 3.05) is 18.1 Å². The molecule has 0 aliphatic rings. The van der Waals surface area contributed by atoms with Crippen LogP contribution in [-0.4, -0.2) is 18.3 Å². The molecule has 0 saturated heterocycles. The lowest BCUT2D eigenvalue weighted by Gasteiger charge is -2.04. The van der Waals surface area contributed by atoms with Crippen LogP contribution in [0.25, 0.3) is 0 Å². The molecule has 82 valence electrons. The smallest absolute Gasteiger partial charge is 0.316 e. The first-order chi connectivity index (χ1) is 7.13. The minimum atomic E-state index is -0.203. The van der Waals surface area contributed by atoms with Crippen LogP contribution >= 0.6 is 27.7 Å².